The third-order valence-corrected chi connectivity index (χ3v) is 4.96. The molecule has 0 bridgehead atoms. The zero-order chi connectivity index (χ0) is 16.2. The largest absolute Gasteiger partial charge is 0.286 e. The number of nitrogens with zero attached hydrogens (tertiary/aromatic N) is 2. The van der Waals surface area contributed by atoms with E-state index in [-0.39, 0.29) is 5.91 Å². The molecule has 2 aromatic rings. The lowest BCUT2D eigenvalue weighted by atomic mass is 10.1. The van der Waals surface area contributed by atoms with Crippen LogP contribution in [0.5, 0.6) is 0 Å². The number of aliphatic imine (C=N–C) groups is 1. The van der Waals surface area contributed by atoms with E-state index in [9.17, 15) is 4.79 Å². The maximum atomic E-state index is 12.6. The highest BCUT2D eigenvalue weighted by molar-refractivity contribution is 8.13. The zero-order valence-corrected chi connectivity index (χ0v) is 14.4. The Labute approximate surface area is 145 Å². The number of amidine groups is 1. The first-order valence-electron chi connectivity index (χ1n) is 7.44. The molecule has 0 unspecified atom stereocenters. The van der Waals surface area contributed by atoms with Gasteiger partial charge in [-0.25, -0.2) is 0 Å². The summed E-state index contributed by atoms with van der Waals surface area (Å²) in [4.78, 5) is 18.9. The van der Waals surface area contributed by atoms with Crippen LogP contribution in [-0.2, 0) is 5.75 Å². The zero-order valence-electron chi connectivity index (χ0n) is 12.8. The van der Waals surface area contributed by atoms with Crippen LogP contribution in [0.3, 0.4) is 0 Å². The molecule has 0 fully saturated rings. The highest BCUT2D eigenvalue weighted by Gasteiger charge is 2.24. The van der Waals surface area contributed by atoms with E-state index in [0.717, 1.165) is 27.1 Å². The molecule has 1 amide bonds. The Hall–Kier alpha value is -1.78. The van der Waals surface area contributed by atoms with E-state index in [1.165, 1.54) is 0 Å². The summed E-state index contributed by atoms with van der Waals surface area (Å²) in [6.45, 7) is 3.33. The Morgan fingerprint density at radius 1 is 1.17 bits per heavy atom. The van der Waals surface area contributed by atoms with E-state index >= 15 is 0 Å². The van der Waals surface area contributed by atoms with Crippen molar-refractivity contribution in [2.75, 3.05) is 13.1 Å². The van der Waals surface area contributed by atoms with Gasteiger partial charge in [-0.3, -0.25) is 14.7 Å². The van der Waals surface area contributed by atoms with Crippen molar-refractivity contribution in [1.29, 1.82) is 0 Å². The summed E-state index contributed by atoms with van der Waals surface area (Å²) >= 11 is 7.49. The van der Waals surface area contributed by atoms with Crippen molar-refractivity contribution < 1.29 is 4.79 Å². The van der Waals surface area contributed by atoms with Gasteiger partial charge in [0.15, 0.2) is 5.17 Å². The Bertz CT molecular complexity index is 726. The van der Waals surface area contributed by atoms with Gasteiger partial charge >= 0.3 is 0 Å². The number of rotatable bonds is 3. The van der Waals surface area contributed by atoms with Gasteiger partial charge in [0.2, 0.25) is 0 Å². The Morgan fingerprint density at radius 3 is 2.57 bits per heavy atom. The predicted octanol–water partition coefficient (Wildman–Crippen LogP) is 4.39. The summed E-state index contributed by atoms with van der Waals surface area (Å²) in [7, 11) is 0. The highest BCUT2D eigenvalue weighted by atomic mass is 35.5. The van der Waals surface area contributed by atoms with E-state index in [2.05, 4.69) is 4.99 Å². The summed E-state index contributed by atoms with van der Waals surface area (Å²) in [5.74, 6) is 0.790. The molecule has 0 atom stereocenters. The van der Waals surface area contributed by atoms with Gasteiger partial charge in [-0.1, -0.05) is 53.2 Å². The molecule has 3 rings (SSSR count). The second-order valence-electron chi connectivity index (χ2n) is 5.40. The van der Waals surface area contributed by atoms with Crippen molar-refractivity contribution in [3.63, 3.8) is 0 Å². The molecule has 0 N–H and O–H groups in total. The number of hydrogen-bond acceptors (Lipinski definition) is 3. The maximum absolute atomic E-state index is 12.6. The molecule has 1 aliphatic rings. The van der Waals surface area contributed by atoms with Crippen molar-refractivity contribution in [3.8, 4) is 0 Å². The lowest BCUT2D eigenvalue weighted by Gasteiger charge is -2.18. The summed E-state index contributed by atoms with van der Waals surface area (Å²) in [6, 6.07) is 15.4. The molecule has 0 saturated heterocycles. The van der Waals surface area contributed by atoms with Gasteiger partial charge in [0, 0.05) is 22.9 Å². The van der Waals surface area contributed by atoms with E-state index in [4.69, 9.17) is 11.6 Å². The van der Waals surface area contributed by atoms with E-state index in [1.807, 2.05) is 55.5 Å². The van der Waals surface area contributed by atoms with Crippen LogP contribution >= 0.6 is 23.4 Å². The van der Waals surface area contributed by atoms with Crippen LogP contribution < -0.4 is 0 Å². The van der Waals surface area contributed by atoms with E-state index in [1.54, 1.807) is 16.7 Å². The molecular weight excluding hydrogens is 328 g/mol. The SMILES string of the molecule is Cc1ccc(C(=O)N2CCN=C2SCc2ccc(Cl)cc2)cc1. The number of benzene rings is 2. The van der Waals surface area contributed by atoms with Gasteiger partial charge in [0.05, 0.1) is 6.54 Å². The van der Waals surface area contributed by atoms with Gasteiger partial charge < -0.3 is 0 Å². The Balaban J connectivity index is 1.66. The minimum Gasteiger partial charge on any atom is -0.286 e. The molecule has 3 nitrogen and oxygen atoms in total. The highest BCUT2D eigenvalue weighted by Crippen LogP contribution is 2.22. The van der Waals surface area contributed by atoms with Crippen molar-refractivity contribution in [2.45, 2.75) is 12.7 Å². The fourth-order valence-electron chi connectivity index (χ4n) is 2.32. The smallest absolute Gasteiger partial charge is 0.259 e. The van der Waals surface area contributed by atoms with Gasteiger partial charge in [-0.15, -0.1) is 0 Å². The van der Waals surface area contributed by atoms with E-state index in [0.29, 0.717) is 18.7 Å². The number of halogens is 1. The average Bonchev–Trinajstić information content (AvgIpc) is 3.03. The average molecular weight is 345 g/mol. The van der Waals surface area contributed by atoms with Crippen LogP contribution in [-0.4, -0.2) is 29.1 Å². The molecule has 1 aliphatic heterocycles. The molecule has 0 radical (unpaired) electrons. The Kier molecular flexibility index (Phi) is 5.03. The van der Waals surface area contributed by atoms with Gasteiger partial charge in [0.25, 0.3) is 5.91 Å². The van der Waals surface area contributed by atoms with Crippen molar-refractivity contribution in [1.82, 2.24) is 4.90 Å². The summed E-state index contributed by atoms with van der Waals surface area (Å²) in [5.41, 5.74) is 3.02. The summed E-state index contributed by atoms with van der Waals surface area (Å²) < 4.78 is 0. The molecule has 0 spiro atoms. The van der Waals surface area contributed by atoms with Crippen LogP contribution in [0.2, 0.25) is 5.02 Å². The van der Waals surface area contributed by atoms with Crippen LogP contribution in [0.25, 0.3) is 0 Å². The minimum absolute atomic E-state index is 0.0184. The second kappa shape index (κ2) is 7.20. The van der Waals surface area contributed by atoms with Crippen LogP contribution in [0, 0.1) is 6.92 Å². The molecule has 0 aliphatic carbocycles. The molecule has 23 heavy (non-hydrogen) atoms. The number of carbonyl (C=O) groups excluding carboxylic acids is 1. The number of amides is 1. The van der Waals surface area contributed by atoms with Crippen LogP contribution in [0.15, 0.2) is 53.5 Å². The lowest BCUT2D eigenvalue weighted by molar-refractivity contribution is 0.0860. The minimum atomic E-state index is 0.0184. The van der Waals surface area contributed by atoms with E-state index < -0.39 is 0 Å². The number of aryl methyl sites for hydroxylation is 1. The number of thioether (sulfide) groups is 1. The summed E-state index contributed by atoms with van der Waals surface area (Å²) in [6.07, 6.45) is 0. The summed E-state index contributed by atoms with van der Waals surface area (Å²) in [5, 5.41) is 1.53. The third-order valence-electron chi connectivity index (χ3n) is 3.63. The molecule has 1 heterocycles. The van der Waals surface area contributed by atoms with Gasteiger partial charge in [0.1, 0.15) is 0 Å². The van der Waals surface area contributed by atoms with Crippen molar-refractivity contribution in [2.24, 2.45) is 4.99 Å². The molecule has 118 valence electrons. The Morgan fingerprint density at radius 2 is 1.87 bits per heavy atom. The fourth-order valence-corrected chi connectivity index (χ4v) is 3.45. The van der Waals surface area contributed by atoms with Crippen LogP contribution in [0.1, 0.15) is 21.5 Å². The first-order valence-corrected chi connectivity index (χ1v) is 8.80. The monoisotopic (exact) mass is 344 g/mol. The maximum Gasteiger partial charge on any atom is 0.259 e. The van der Waals surface area contributed by atoms with Crippen molar-refractivity contribution >= 4 is 34.4 Å². The molecule has 0 saturated carbocycles. The standard InChI is InChI=1S/C18H17ClN2OS/c1-13-2-6-15(7-3-13)17(22)21-11-10-20-18(21)23-12-14-4-8-16(19)9-5-14/h2-9H,10-12H2,1H3. The third kappa shape index (κ3) is 3.95. The predicted molar refractivity (Wildman–Crippen MR) is 97.3 cm³/mol. The first-order chi connectivity index (χ1) is 11.1. The first kappa shape index (κ1) is 16.1. The topological polar surface area (TPSA) is 32.7 Å². The molecular formula is C18H17ClN2OS. The molecule has 5 heteroatoms. The molecule has 2 aromatic carbocycles. The van der Waals surface area contributed by atoms with Gasteiger partial charge in [-0.2, -0.15) is 0 Å². The second-order valence-corrected chi connectivity index (χ2v) is 6.78. The number of carbonyl (C=O) groups is 1. The van der Waals surface area contributed by atoms with Gasteiger partial charge in [-0.05, 0) is 36.8 Å². The number of hydrogen-bond donors (Lipinski definition) is 0. The van der Waals surface area contributed by atoms with Crippen LogP contribution in [0.4, 0.5) is 0 Å². The molecule has 0 aromatic heterocycles. The normalized spacial score (nSPS) is 14.0. The quantitative estimate of drug-likeness (QED) is 0.827. The van der Waals surface area contributed by atoms with Crippen molar-refractivity contribution in [3.05, 3.63) is 70.2 Å². The lowest BCUT2D eigenvalue weighted by Crippen LogP contribution is -2.32. The fraction of sp³-hybridized carbons (Fsp3) is 0.222.